The Balaban J connectivity index is 1.24. The lowest BCUT2D eigenvalue weighted by Gasteiger charge is -2.35. The summed E-state index contributed by atoms with van der Waals surface area (Å²) in [6.07, 6.45) is 4.97. The highest BCUT2D eigenvalue weighted by Crippen LogP contribution is 2.29. The van der Waals surface area contributed by atoms with Crippen molar-refractivity contribution in [1.29, 1.82) is 0 Å². The number of nitrogens with one attached hydrogen (secondary N) is 2. The van der Waals surface area contributed by atoms with E-state index < -0.39 is 0 Å². The minimum absolute atomic E-state index is 0.0606. The first-order valence-electron chi connectivity index (χ1n) is 10.2. The van der Waals surface area contributed by atoms with Crippen LogP contribution < -0.4 is 10.9 Å². The van der Waals surface area contributed by atoms with Gasteiger partial charge in [-0.2, -0.15) is 0 Å². The van der Waals surface area contributed by atoms with Crippen molar-refractivity contribution in [2.75, 3.05) is 32.7 Å². The zero-order valence-corrected chi connectivity index (χ0v) is 16.5. The van der Waals surface area contributed by atoms with Crippen molar-refractivity contribution in [3.8, 4) is 5.75 Å². The van der Waals surface area contributed by atoms with E-state index in [1.165, 1.54) is 5.56 Å². The SMILES string of the molecule is O=C(C1CC(c2ccccc2O)NN1)N1CCN(C/C=C/c2ccccc2)CC1. The predicted molar refractivity (Wildman–Crippen MR) is 114 cm³/mol. The lowest BCUT2D eigenvalue weighted by Crippen LogP contribution is -2.53. The summed E-state index contributed by atoms with van der Waals surface area (Å²) in [4.78, 5) is 17.2. The van der Waals surface area contributed by atoms with Crippen LogP contribution in [0.3, 0.4) is 0 Å². The molecule has 2 aromatic carbocycles. The first kappa shape index (κ1) is 19.6. The molecule has 2 saturated heterocycles. The van der Waals surface area contributed by atoms with Crippen LogP contribution >= 0.6 is 0 Å². The van der Waals surface area contributed by atoms with E-state index in [0.29, 0.717) is 6.42 Å². The standard InChI is InChI=1S/C23H28N4O2/c28-22-11-5-4-10-19(22)20-17-21(25-24-20)23(29)27-15-13-26(14-16-27)12-6-9-18-7-2-1-3-8-18/h1-11,20-21,24-25,28H,12-17H2/b9-6+. The fraction of sp³-hybridized carbons (Fsp3) is 0.348. The molecule has 2 heterocycles. The number of nitrogens with zero attached hydrogens (tertiary/aromatic N) is 2. The molecule has 0 radical (unpaired) electrons. The molecule has 0 aromatic heterocycles. The molecule has 0 spiro atoms. The van der Waals surface area contributed by atoms with Gasteiger partial charge < -0.3 is 10.0 Å². The van der Waals surface area contributed by atoms with Gasteiger partial charge in [0.25, 0.3) is 0 Å². The van der Waals surface area contributed by atoms with Crippen LogP contribution in [-0.4, -0.2) is 59.6 Å². The Morgan fingerprint density at radius 1 is 1.00 bits per heavy atom. The van der Waals surface area contributed by atoms with Crippen LogP contribution in [0.1, 0.15) is 23.6 Å². The Kier molecular flexibility index (Phi) is 6.24. The summed E-state index contributed by atoms with van der Waals surface area (Å²) >= 11 is 0. The molecule has 2 fully saturated rings. The van der Waals surface area contributed by atoms with Crippen molar-refractivity contribution in [2.45, 2.75) is 18.5 Å². The molecule has 1 amide bonds. The zero-order chi connectivity index (χ0) is 20.1. The molecule has 0 bridgehead atoms. The average molecular weight is 393 g/mol. The molecular formula is C23H28N4O2. The minimum atomic E-state index is -0.260. The molecule has 2 aliphatic heterocycles. The fourth-order valence-electron chi connectivity index (χ4n) is 3.98. The molecule has 2 unspecified atom stereocenters. The maximum absolute atomic E-state index is 12.9. The maximum Gasteiger partial charge on any atom is 0.241 e. The number of hydrogen-bond donors (Lipinski definition) is 3. The van der Waals surface area contributed by atoms with Gasteiger partial charge in [-0.25, -0.2) is 10.9 Å². The van der Waals surface area contributed by atoms with Gasteiger partial charge in [-0.1, -0.05) is 60.7 Å². The van der Waals surface area contributed by atoms with Gasteiger partial charge >= 0.3 is 0 Å². The number of rotatable bonds is 5. The highest BCUT2D eigenvalue weighted by Gasteiger charge is 2.34. The summed E-state index contributed by atoms with van der Waals surface area (Å²) in [6, 6.07) is 17.2. The molecule has 6 nitrogen and oxygen atoms in total. The van der Waals surface area contributed by atoms with E-state index in [-0.39, 0.29) is 23.7 Å². The third-order valence-electron chi connectivity index (χ3n) is 5.67. The molecule has 0 saturated carbocycles. The van der Waals surface area contributed by atoms with Crippen molar-refractivity contribution in [3.63, 3.8) is 0 Å². The van der Waals surface area contributed by atoms with Gasteiger partial charge in [-0.15, -0.1) is 0 Å². The van der Waals surface area contributed by atoms with E-state index >= 15 is 0 Å². The largest absolute Gasteiger partial charge is 0.508 e. The molecule has 0 aliphatic carbocycles. The van der Waals surface area contributed by atoms with E-state index in [1.54, 1.807) is 12.1 Å². The number of benzene rings is 2. The van der Waals surface area contributed by atoms with Gasteiger partial charge in [0.15, 0.2) is 0 Å². The fourth-order valence-corrected chi connectivity index (χ4v) is 3.98. The van der Waals surface area contributed by atoms with Gasteiger partial charge in [0.2, 0.25) is 5.91 Å². The quantitative estimate of drug-likeness (QED) is 0.728. The number of amides is 1. The van der Waals surface area contributed by atoms with Crippen LogP contribution in [0.4, 0.5) is 0 Å². The topological polar surface area (TPSA) is 67.8 Å². The normalized spacial score (nSPS) is 23.0. The number of hydrazine groups is 1. The van der Waals surface area contributed by atoms with E-state index in [0.717, 1.165) is 38.3 Å². The smallest absolute Gasteiger partial charge is 0.241 e. The summed E-state index contributed by atoms with van der Waals surface area (Å²) in [5.74, 6) is 0.395. The Bertz CT molecular complexity index is 847. The average Bonchev–Trinajstić information content (AvgIpc) is 3.25. The van der Waals surface area contributed by atoms with E-state index in [4.69, 9.17) is 0 Å². The third-order valence-corrected chi connectivity index (χ3v) is 5.67. The second-order valence-electron chi connectivity index (χ2n) is 7.63. The van der Waals surface area contributed by atoms with Crippen LogP contribution in [0.15, 0.2) is 60.7 Å². The number of carbonyl (C=O) groups is 1. The van der Waals surface area contributed by atoms with E-state index in [1.807, 2.05) is 35.2 Å². The van der Waals surface area contributed by atoms with E-state index in [9.17, 15) is 9.90 Å². The number of aromatic hydroxyl groups is 1. The Morgan fingerprint density at radius 2 is 1.72 bits per heavy atom. The zero-order valence-electron chi connectivity index (χ0n) is 16.5. The molecular weight excluding hydrogens is 364 g/mol. The number of phenolic OH excluding ortho intramolecular Hbond substituents is 1. The predicted octanol–water partition coefficient (Wildman–Crippen LogP) is 2.16. The van der Waals surface area contributed by atoms with Gasteiger partial charge in [0.05, 0.1) is 6.04 Å². The summed E-state index contributed by atoms with van der Waals surface area (Å²) in [7, 11) is 0. The lowest BCUT2D eigenvalue weighted by atomic mass is 10.0. The second kappa shape index (κ2) is 9.22. The Morgan fingerprint density at radius 3 is 2.48 bits per heavy atom. The molecule has 4 rings (SSSR count). The van der Waals surface area contributed by atoms with Crippen molar-refractivity contribution in [1.82, 2.24) is 20.7 Å². The molecule has 152 valence electrons. The number of carbonyl (C=O) groups excluding carboxylic acids is 1. The summed E-state index contributed by atoms with van der Waals surface area (Å²) in [5.41, 5.74) is 8.31. The Hall–Kier alpha value is -2.67. The third kappa shape index (κ3) is 4.85. The summed E-state index contributed by atoms with van der Waals surface area (Å²) < 4.78 is 0. The van der Waals surface area contributed by atoms with Crippen LogP contribution in [0.2, 0.25) is 0 Å². The second-order valence-corrected chi connectivity index (χ2v) is 7.63. The highest BCUT2D eigenvalue weighted by molar-refractivity contribution is 5.82. The monoisotopic (exact) mass is 392 g/mol. The first-order valence-corrected chi connectivity index (χ1v) is 10.2. The number of para-hydroxylation sites is 1. The van der Waals surface area contributed by atoms with Crippen LogP contribution in [-0.2, 0) is 4.79 Å². The molecule has 6 heteroatoms. The van der Waals surface area contributed by atoms with Crippen molar-refractivity contribution in [2.24, 2.45) is 0 Å². The van der Waals surface area contributed by atoms with Crippen LogP contribution in [0, 0.1) is 0 Å². The molecule has 2 atom stereocenters. The van der Waals surface area contributed by atoms with Crippen molar-refractivity contribution < 1.29 is 9.90 Å². The molecule has 2 aliphatic rings. The van der Waals surface area contributed by atoms with Crippen LogP contribution in [0.5, 0.6) is 5.75 Å². The van der Waals surface area contributed by atoms with Gasteiger partial charge in [0, 0.05) is 38.3 Å². The van der Waals surface area contributed by atoms with Gasteiger partial charge in [-0.05, 0) is 18.1 Å². The summed E-state index contributed by atoms with van der Waals surface area (Å²) in [5, 5.41) is 10.0. The number of piperazine rings is 1. The number of hydrogen-bond acceptors (Lipinski definition) is 5. The maximum atomic E-state index is 12.9. The van der Waals surface area contributed by atoms with Crippen LogP contribution in [0.25, 0.3) is 6.08 Å². The summed E-state index contributed by atoms with van der Waals surface area (Å²) in [6.45, 7) is 4.16. The van der Waals surface area contributed by atoms with E-state index in [2.05, 4.69) is 40.0 Å². The Labute approximate surface area is 171 Å². The van der Waals surface area contributed by atoms with Crippen molar-refractivity contribution in [3.05, 3.63) is 71.8 Å². The minimum Gasteiger partial charge on any atom is -0.508 e. The van der Waals surface area contributed by atoms with Crippen molar-refractivity contribution >= 4 is 12.0 Å². The van der Waals surface area contributed by atoms with Gasteiger partial charge in [0.1, 0.15) is 11.8 Å². The highest BCUT2D eigenvalue weighted by atomic mass is 16.3. The molecule has 29 heavy (non-hydrogen) atoms. The first-order chi connectivity index (χ1) is 14.2. The lowest BCUT2D eigenvalue weighted by molar-refractivity contribution is -0.134. The number of phenols is 1. The molecule has 3 N–H and O–H groups in total. The molecule has 2 aromatic rings. The van der Waals surface area contributed by atoms with Gasteiger partial charge in [-0.3, -0.25) is 9.69 Å².